The van der Waals surface area contributed by atoms with Gasteiger partial charge in [-0.2, -0.15) is 0 Å². The van der Waals surface area contributed by atoms with E-state index in [-0.39, 0.29) is 18.2 Å². The van der Waals surface area contributed by atoms with Crippen LogP contribution < -0.4 is 14.2 Å². The van der Waals surface area contributed by atoms with Crippen LogP contribution >= 0.6 is 11.3 Å². The molecule has 2 aromatic rings. The third-order valence-electron chi connectivity index (χ3n) is 4.80. The normalized spacial score (nSPS) is 19.0. The molecule has 1 amide bonds. The van der Waals surface area contributed by atoms with E-state index in [1.165, 1.54) is 32.7 Å². The number of carbonyl (C=O) groups is 1. The monoisotopic (exact) mass is 425 g/mol. The van der Waals surface area contributed by atoms with Gasteiger partial charge in [0, 0.05) is 23.5 Å². The fraction of sp³-hybridized carbons (Fsp3) is 0.421. The molecule has 2 heterocycles. The van der Waals surface area contributed by atoms with Crippen molar-refractivity contribution in [2.45, 2.75) is 11.7 Å². The lowest BCUT2D eigenvalue weighted by Crippen LogP contribution is -2.33. The van der Waals surface area contributed by atoms with Gasteiger partial charge in [0.05, 0.1) is 32.3 Å². The molecule has 7 nitrogen and oxygen atoms in total. The maximum absolute atomic E-state index is 13.1. The molecule has 0 saturated carbocycles. The van der Waals surface area contributed by atoms with Gasteiger partial charge in [0.1, 0.15) is 0 Å². The lowest BCUT2D eigenvalue weighted by molar-refractivity contribution is 0.0765. The molecule has 1 saturated heterocycles. The summed E-state index contributed by atoms with van der Waals surface area (Å²) in [4.78, 5) is 15.5. The molecule has 1 fully saturated rings. The van der Waals surface area contributed by atoms with Gasteiger partial charge in [-0.05, 0) is 30.0 Å². The van der Waals surface area contributed by atoms with Crippen molar-refractivity contribution in [3.8, 4) is 17.2 Å². The summed E-state index contributed by atoms with van der Waals surface area (Å²) < 4.78 is 41.3. The lowest BCUT2D eigenvalue weighted by Gasteiger charge is -2.21. The molecule has 0 N–H and O–H groups in total. The van der Waals surface area contributed by atoms with Crippen molar-refractivity contribution in [3.63, 3.8) is 0 Å². The first-order valence-electron chi connectivity index (χ1n) is 8.75. The predicted molar refractivity (Wildman–Crippen MR) is 107 cm³/mol. The average molecular weight is 426 g/mol. The Morgan fingerprint density at radius 3 is 2.32 bits per heavy atom. The Morgan fingerprint density at radius 1 is 1.11 bits per heavy atom. The van der Waals surface area contributed by atoms with Gasteiger partial charge in [-0.3, -0.25) is 4.79 Å². The summed E-state index contributed by atoms with van der Waals surface area (Å²) in [5.74, 6) is 0.832. The summed E-state index contributed by atoms with van der Waals surface area (Å²) in [6.45, 7) is 0.511. The number of hydrogen-bond acceptors (Lipinski definition) is 7. The van der Waals surface area contributed by atoms with Crippen LogP contribution in [-0.2, 0) is 9.84 Å². The molecule has 1 aromatic carbocycles. The number of rotatable bonds is 5. The quantitative estimate of drug-likeness (QED) is 0.733. The second-order valence-electron chi connectivity index (χ2n) is 6.37. The lowest BCUT2D eigenvalue weighted by atomic mass is 10.1. The standard InChI is InChI=1S/C19H23NO6S2/c1-24-14-11-13(12-15(25-2)18(14)26-3)19(21)20-7-6-17(16-5-4-9-27-16)28(22,23)10-8-20/h4-5,9,11-12,17H,6-8,10H2,1-3H3. The van der Waals surface area contributed by atoms with Crippen LogP contribution in [0.2, 0.25) is 0 Å². The van der Waals surface area contributed by atoms with Crippen molar-refractivity contribution in [2.24, 2.45) is 0 Å². The number of ether oxygens (including phenoxy) is 3. The highest BCUT2D eigenvalue weighted by Crippen LogP contribution is 2.39. The third kappa shape index (κ3) is 3.95. The van der Waals surface area contributed by atoms with Gasteiger partial charge >= 0.3 is 0 Å². The Labute approximate surface area is 168 Å². The van der Waals surface area contributed by atoms with Gasteiger partial charge in [0.25, 0.3) is 5.91 Å². The van der Waals surface area contributed by atoms with Crippen LogP contribution in [0.3, 0.4) is 0 Å². The number of thiophene rings is 1. The summed E-state index contributed by atoms with van der Waals surface area (Å²) in [5.41, 5.74) is 0.362. The zero-order chi connectivity index (χ0) is 20.3. The number of sulfone groups is 1. The number of benzene rings is 1. The van der Waals surface area contributed by atoms with Gasteiger partial charge in [-0.25, -0.2) is 8.42 Å². The van der Waals surface area contributed by atoms with Crippen molar-refractivity contribution < 1.29 is 27.4 Å². The van der Waals surface area contributed by atoms with Gasteiger partial charge in [-0.1, -0.05) is 6.07 Å². The summed E-state index contributed by atoms with van der Waals surface area (Å²) in [6.07, 6.45) is 0.374. The van der Waals surface area contributed by atoms with Crippen molar-refractivity contribution in [1.82, 2.24) is 4.90 Å². The van der Waals surface area contributed by atoms with E-state index < -0.39 is 15.1 Å². The van der Waals surface area contributed by atoms with Crippen LogP contribution in [0.4, 0.5) is 0 Å². The van der Waals surface area contributed by atoms with Gasteiger partial charge in [0.2, 0.25) is 5.75 Å². The summed E-state index contributed by atoms with van der Waals surface area (Å²) >= 11 is 1.43. The fourth-order valence-electron chi connectivity index (χ4n) is 3.33. The first-order chi connectivity index (χ1) is 13.4. The molecule has 152 valence electrons. The Kier molecular flexibility index (Phi) is 6.14. The van der Waals surface area contributed by atoms with E-state index in [1.807, 2.05) is 17.5 Å². The van der Waals surface area contributed by atoms with Gasteiger partial charge < -0.3 is 19.1 Å². The largest absolute Gasteiger partial charge is 0.493 e. The molecular weight excluding hydrogens is 402 g/mol. The molecule has 1 unspecified atom stereocenters. The van der Waals surface area contributed by atoms with Crippen molar-refractivity contribution in [2.75, 3.05) is 40.2 Å². The number of nitrogens with zero attached hydrogens (tertiary/aromatic N) is 1. The zero-order valence-corrected chi connectivity index (χ0v) is 17.6. The first-order valence-corrected chi connectivity index (χ1v) is 11.3. The second-order valence-corrected chi connectivity index (χ2v) is 9.65. The van der Waals surface area contributed by atoms with Crippen molar-refractivity contribution in [1.29, 1.82) is 0 Å². The van der Waals surface area contributed by atoms with Crippen LogP contribution in [-0.4, -0.2) is 59.4 Å². The van der Waals surface area contributed by atoms with Gasteiger partial charge in [0.15, 0.2) is 21.3 Å². The van der Waals surface area contributed by atoms with E-state index in [2.05, 4.69) is 0 Å². The van der Waals surface area contributed by atoms with Crippen LogP contribution in [0, 0.1) is 0 Å². The minimum absolute atomic E-state index is 0.0638. The van der Waals surface area contributed by atoms with Crippen LogP contribution in [0.5, 0.6) is 17.2 Å². The van der Waals surface area contributed by atoms with E-state index in [9.17, 15) is 13.2 Å². The Balaban J connectivity index is 1.87. The highest BCUT2D eigenvalue weighted by Gasteiger charge is 2.33. The number of carbonyl (C=O) groups excluding carboxylic acids is 1. The Hall–Kier alpha value is -2.26. The van der Waals surface area contributed by atoms with E-state index in [1.54, 1.807) is 17.0 Å². The predicted octanol–water partition coefficient (Wildman–Crippen LogP) is 2.78. The molecule has 1 atom stereocenters. The molecular formula is C19H23NO6S2. The van der Waals surface area contributed by atoms with Crippen LogP contribution in [0.25, 0.3) is 0 Å². The molecule has 0 aliphatic carbocycles. The molecule has 3 rings (SSSR count). The number of methoxy groups -OCH3 is 3. The van der Waals surface area contributed by atoms with Crippen LogP contribution in [0.1, 0.15) is 26.9 Å². The molecule has 1 aliphatic heterocycles. The fourth-order valence-corrected chi connectivity index (χ4v) is 6.33. The third-order valence-corrected chi connectivity index (χ3v) is 8.04. The molecule has 28 heavy (non-hydrogen) atoms. The van der Waals surface area contributed by atoms with E-state index in [0.717, 1.165) is 4.88 Å². The van der Waals surface area contributed by atoms with E-state index in [4.69, 9.17) is 14.2 Å². The molecule has 0 bridgehead atoms. The topological polar surface area (TPSA) is 82.1 Å². The molecule has 1 aliphatic rings. The summed E-state index contributed by atoms with van der Waals surface area (Å²) in [6, 6.07) is 6.85. The summed E-state index contributed by atoms with van der Waals surface area (Å²) in [7, 11) is 1.14. The minimum Gasteiger partial charge on any atom is -0.493 e. The summed E-state index contributed by atoms with van der Waals surface area (Å²) in [5, 5.41) is 1.31. The average Bonchev–Trinajstić information content (AvgIpc) is 3.17. The maximum atomic E-state index is 13.1. The SMILES string of the molecule is COc1cc(C(=O)N2CCC(c3cccs3)S(=O)(=O)CC2)cc(OC)c1OC. The zero-order valence-electron chi connectivity index (χ0n) is 16.0. The van der Waals surface area contributed by atoms with Crippen molar-refractivity contribution >= 4 is 27.1 Å². The maximum Gasteiger partial charge on any atom is 0.254 e. The van der Waals surface area contributed by atoms with Gasteiger partial charge in [-0.15, -0.1) is 11.3 Å². The van der Waals surface area contributed by atoms with E-state index in [0.29, 0.717) is 35.8 Å². The molecule has 0 spiro atoms. The van der Waals surface area contributed by atoms with Crippen molar-refractivity contribution in [3.05, 3.63) is 40.1 Å². The van der Waals surface area contributed by atoms with Crippen LogP contribution in [0.15, 0.2) is 29.6 Å². The van der Waals surface area contributed by atoms with E-state index >= 15 is 0 Å². The first kappa shape index (κ1) is 20.5. The second kappa shape index (κ2) is 8.40. The Morgan fingerprint density at radius 2 is 1.79 bits per heavy atom. The number of hydrogen-bond donors (Lipinski definition) is 0. The number of amides is 1. The molecule has 0 radical (unpaired) electrons. The Bertz CT molecular complexity index is 914. The smallest absolute Gasteiger partial charge is 0.254 e. The molecule has 9 heteroatoms. The highest BCUT2D eigenvalue weighted by molar-refractivity contribution is 7.91. The minimum atomic E-state index is -3.32. The molecule has 1 aromatic heterocycles. The highest BCUT2D eigenvalue weighted by atomic mass is 32.2.